The van der Waals surface area contributed by atoms with Crippen molar-refractivity contribution in [2.24, 2.45) is 5.41 Å². The molecule has 0 saturated heterocycles. The first-order valence-corrected chi connectivity index (χ1v) is 4.88. The van der Waals surface area contributed by atoms with Crippen molar-refractivity contribution in [3.8, 4) is 0 Å². The van der Waals surface area contributed by atoms with Crippen LogP contribution < -0.4 is 21.5 Å². The Bertz CT molecular complexity index is 342. The number of carbonyl (C=O) groups excluding carboxylic acids is 1. The van der Waals surface area contributed by atoms with Crippen LogP contribution in [0.1, 0.15) is 26.3 Å². The predicted octanol–water partition coefficient (Wildman–Crippen LogP) is -1.10. The van der Waals surface area contributed by atoms with Gasteiger partial charge in [-0.05, 0) is 13.0 Å². The van der Waals surface area contributed by atoms with Crippen LogP contribution >= 0.6 is 0 Å². The van der Waals surface area contributed by atoms with Crippen molar-refractivity contribution in [1.29, 1.82) is 0 Å². The SMILES string of the molecule is Cc1ccc[n+](CC(=O)C(C)(C)C)c1.[Br-]. The first-order chi connectivity index (χ1) is 6.39. The molecule has 0 aliphatic carbocycles. The topological polar surface area (TPSA) is 20.9 Å². The number of halogens is 1. The minimum Gasteiger partial charge on any atom is -1.00 e. The molecule has 0 aliphatic rings. The molecular weight excluding hydrogens is 254 g/mol. The van der Waals surface area contributed by atoms with E-state index in [9.17, 15) is 4.79 Å². The van der Waals surface area contributed by atoms with E-state index in [1.54, 1.807) is 0 Å². The van der Waals surface area contributed by atoms with Crippen LogP contribution in [0.4, 0.5) is 0 Å². The Morgan fingerprint density at radius 1 is 1.40 bits per heavy atom. The number of rotatable bonds is 2. The van der Waals surface area contributed by atoms with Gasteiger partial charge in [0, 0.05) is 17.0 Å². The molecule has 0 N–H and O–H groups in total. The molecule has 1 rings (SSSR count). The fraction of sp³-hybridized carbons (Fsp3) is 0.500. The molecule has 1 aromatic heterocycles. The normalized spacial score (nSPS) is 10.7. The number of hydrogen-bond acceptors (Lipinski definition) is 1. The minimum atomic E-state index is -0.253. The lowest BCUT2D eigenvalue weighted by molar-refractivity contribution is -0.685. The van der Waals surface area contributed by atoms with Crippen LogP contribution in [0.2, 0.25) is 0 Å². The largest absolute Gasteiger partial charge is 1.00 e. The van der Waals surface area contributed by atoms with Gasteiger partial charge in [-0.1, -0.05) is 20.8 Å². The van der Waals surface area contributed by atoms with Gasteiger partial charge in [0.15, 0.2) is 12.4 Å². The maximum Gasteiger partial charge on any atom is 0.206 e. The molecule has 0 amide bonds. The summed E-state index contributed by atoms with van der Waals surface area (Å²) in [5, 5.41) is 0. The molecule has 84 valence electrons. The van der Waals surface area contributed by atoms with Gasteiger partial charge in [0.05, 0.1) is 0 Å². The summed E-state index contributed by atoms with van der Waals surface area (Å²) in [6.45, 7) is 8.34. The molecule has 0 atom stereocenters. The van der Waals surface area contributed by atoms with Crippen molar-refractivity contribution in [1.82, 2.24) is 0 Å². The van der Waals surface area contributed by atoms with E-state index < -0.39 is 0 Å². The van der Waals surface area contributed by atoms with Crippen LogP contribution in [0, 0.1) is 12.3 Å². The van der Waals surface area contributed by atoms with E-state index in [0.717, 1.165) is 0 Å². The average Bonchev–Trinajstić information content (AvgIpc) is 2.02. The highest BCUT2D eigenvalue weighted by Crippen LogP contribution is 2.14. The number of nitrogens with zero attached hydrogens (tertiary/aromatic N) is 1. The van der Waals surface area contributed by atoms with Gasteiger partial charge in [-0.15, -0.1) is 0 Å². The maximum atomic E-state index is 11.7. The second-order valence-electron chi connectivity index (χ2n) is 4.73. The number of ketones is 1. The molecule has 0 radical (unpaired) electrons. The van der Waals surface area contributed by atoms with E-state index in [4.69, 9.17) is 0 Å². The van der Waals surface area contributed by atoms with Crippen LogP contribution in [-0.2, 0) is 11.3 Å². The number of Topliss-reactive ketones (excluding diaryl/α,β-unsaturated/α-hetero) is 1. The predicted molar refractivity (Wildman–Crippen MR) is 55.8 cm³/mol. The highest BCUT2D eigenvalue weighted by molar-refractivity contribution is 5.82. The van der Waals surface area contributed by atoms with Gasteiger partial charge in [-0.3, -0.25) is 4.79 Å². The third-order valence-electron chi connectivity index (χ3n) is 2.17. The molecule has 1 aromatic rings. The highest BCUT2D eigenvalue weighted by Gasteiger charge is 2.24. The van der Waals surface area contributed by atoms with Crippen LogP contribution in [0.3, 0.4) is 0 Å². The number of carbonyl (C=O) groups is 1. The first-order valence-electron chi connectivity index (χ1n) is 4.88. The molecule has 15 heavy (non-hydrogen) atoms. The van der Waals surface area contributed by atoms with Gasteiger partial charge in [-0.25, -0.2) is 0 Å². The Hall–Kier alpha value is -0.700. The Morgan fingerprint density at radius 3 is 2.47 bits per heavy atom. The summed E-state index contributed by atoms with van der Waals surface area (Å²) >= 11 is 0. The number of aromatic nitrogens is 1. The van der Waals surface area contributed by atoms with Crippen LogP contribution in [-0.4, -0.2) is 5.78 Å². The van der Waals surface area contributed by atoms with Gasteiger partial charge in [0.25, 0.3) is 0 Å². The molecule has 0 unspecified atom stereocenters. The van der Waals surface area contributed by atoms with Gasteiger partial charge in [-0.2, -0.15) is 4.57 Å². The summed E-state index contributed by atoms with van der Waals surface area (Å²) in [7, 11) is 0. The van der Waals surface area contributed by atoms with Gasteiger partial charge < -0.3 is 17.0 Å². The Labute approximate surface area is 102 Å². The van der Waals surface area contributed by atoms with Gasteiger partial charge in [0.1, 0.15) is 0 Å². The molecule has 0 bridgehead atoms. The Kier molecular flexibility index (Phi) is 5.15. The molecule has 3 heteroatoms. The van der Waals surface area contributed by atoms with Crippen molar-refractivity contribution in [3.63, 3.8) is 0 Å². The quantitative estimate of drug-likeness (QED) is 0.626. The monoisotopic (exact) mass is 271 g/mol. The number of hydrogen-bond donors (Lipinski definition) is 0. The van der Waals surface area contributed by atoms with E-state index in [1.165, 1.54) is 5.56 Å². The second kappa shape index (κ2) is 5.40. The van der Waals surface area contributed by atoms with E-state index >= 15 is 0 Å². The lowest BCUT2D eigenvalue weighted by atomic mass is 9.91. The third kappa shape index (κ3) is 4.56. The van der Waals surface area contributed by atoms with E-state index in [2.05, 4.69) is 0 Å². The second-order valence-corrected chi connectivity index (χ2v) is 4.73. The lowest BCUT2D eigenvalue weighted by Crippen LogP contribution is -3.00. The zero-order chi connectivity index (χ0) is 10.8. The molecule has 0 fully saturated rings. The van der Waals surface area contributed by atoms with E-state index in [1.807, 2.05) is 56.8 Å². The van der Waals surface area contributed by atoms with Gasteiger partial charge in [0.2, 0.25) is 12.3 Å². The highest BCUT2D eigenvalue weighted by atomic mass is 79.9. The van der Waals surface area contributed by atoms with Gasteiger partial charge >= 0.3 is 0 Å². The van der Waals surface area contributed by atoms with Crippen LogP contribution in [0.5, 0.6) is 0 Å². The Morgan fingerprint density at radius 2 is 2.00 bits per heavy atom. The van der Waals surface area contributed by atoms with Crippen LogP contribution in [0.25, 0.3) is 0 Å². The zero-order valence-corrected chi connectivity index (χ0v) is 11.3. The number of pyridine rings is 1. The smallest absolute Gasteiger partial charge is 0.206 e. The van der Waals surface area contributed by atoms with E-state index in [-0.39, 0.29) is 28.2 Å². The number of aryl methyl sites for hydroxylation is 1. The minimum absolute atomic E-state index is 0. The Balaban J connectivity index is 0.00000196. The standard InChI is InChI=1S/C12H18NO.BrH/c1-10-6-5-7-13(8-10)9-11(14)12(2,3)4;/h5-8H,9H2,1-4H3;1H/q+1;/p-1. The summed E-state index contributed by atoms with van der Waals surface area (Å²) in [5.74, 6) is 0.258. The molecule has 0 saturated carbocycles. The summed E-state index contributed by atoms with van der Waals surface area (Å²) in [5.41, 5.74) is 0.922. The third-order valence-corrected chi connectivity index (χ3v) is 2.17. The first kappa shape index (κ1) is 14.3. The average molecular weight is 272 g/mol. The summed E-state index contributed by atoms with van der Waals surface area (Å²) in [6.07, 6.45) is 3.92. The van der Waals surface area contributed by atoms with Crippen molar-refractivity contribution < 1.29 is 26.3 Å². The summed E-state index contributed by atoms with van der Waals surface area (Å²) < 4.78 is 1.93. The molecule has 1 heterocycles. The molecular formula is C12H18BrNO. The van der Waals surface area contributed by atoms with Crippen molar-refractivity contribution >= 4 is 5.78 Å². The molecule has 0 aromatic carbocycles. The fourth-order valence-electron chi connectivity index (χ4n) is 1.15. The van der Waals surface area contributed by atoms with E-state index in [0.29, 0.717) is 6.54 Å². The maximum absolute atomic E-state index is 11.7. The van der Waals surface area contributed by atoms with Crippen molar-refractivity contribution in [3.05, 3.63) is 30.1 Å². The molecule has 0 aliphatic heterocycles. The summed E-state index contributed by atoms with van der Waals surface area (Å²) in [4.78, 5) is 11.7. The van der Waals surface area contributed by atoms with Crippen molar-refractivity contribution in [2.45, 2.75) is 34.2 Å². The van der Waals surface area contributed by atoms with Crippen molar-refractivity contribution in [2.75, 3.05) is 0 Å². The molecule has 0 spiro atoms. The lowest BCUT2D eigenvalue weighted by Gasteiger charge is -2.13. The fourth-order valence-corrected chi connectivity index (χ4v) is 1.15. The molecule has 2 nitrogen and oxygen atoms in total. The zero-order valence-electron chi connectivity index (χ0n) is 9.75. The van der Waals surface area contributed by atoms with Crippen LogP contribution in [0.15, 0.2) is 24.5 Å². The summed E-state index contributed by atoms with van der Waals surface area (Å²) in [6, 6.07) is 3.99.